The van der Waals surface area contributed by atoms with E-state index in [-0.39, 0.29) is 31.6 Å². The lowest BCUT2D eigenvalue weighted by Crippen LogP contribution is -2.30. The molecule has 0 radical (unpaired) electrons. The van der Waals surface area contributed by atoms with E-state index < -0.39 is 6.10 Å². The molecule has 0 spiro atoms. The summed E-state index contributed by atoms with van der Waals surface area (Å²) in [5, 5.41) is 0. The standard InChI is InChI=1S/C59H92O5/c1-4-7-10-13-16-19-22-25-28-29-30-33-36-39-42-45-48-51-54-62-55-57(64-59(61)53-50-47-44-41-38-35-32-27-24-21-18-15-12-9-6-3)56-63-58(60)52-49-46-43-40-37-34-31-26-23-20-17-14-11-8-5-2/h7-12,16-21,25-28,31-32,37-38,40-41,46,49,57H,4-6,13-15,22-24,29-30,33-36,39,42-45,47-48,50-56H2,1-3H3/b10-7-,11-8-,12-9-,19-16-,20-17-,21-18-,28-25-,31-26-,32-27-,40-37-,41-38-,49-46-. The van der Waals surface area contributed by atoms with Gasteiger partial charge in [0.25, 0.3) is 0 Å². The van der Waals surface area contributed by atoms with Crippen molar-refractivity contribution in [1.29, 1.82) is 0 Å². The minimum Gasteiger partial charge on any atom is -0.461 e. The molecule has 0 N–H and O–H groups in total. The molecule has 5 heteroatoms. The molecular weight excluding hydrogens is 789 g/mol. The summed E-state index contributed by atoms with van der Waals surface area (Å²) in [6.07, 6.45) is 77.4. The smallest absolute Gasteiger partial charge is 0.309 e. The van der Waals surface area contributed by atoms with E-state index >= 15 is 0 Å². The minimum absolute atomic E-state index is 0.00100. The van der Waals surface area contributed by atoms with Crippen LogP contribution in [0.15, 0.2) is 146 Å². The highest BCUT2D eigenvalue weighted by molar-refractivity contribution is 5.71. The van der Waals surface area contributed by atoms with Crippen molar-refractivity contribution in [3.8, 4) is 0 Å². The van der Waals surface area contributed by atoms with Crippen molar-refractivity contribution < 1.29 is 23.8 Å². The second-order valence-electron chi connectivity index (χ2n) is 15.9. The lowest BCUT2D eigenvalue weighted by molar-refractivity contribution is -0.162. The predicted octanol–water partition coefficient (Wildman–Crippen LogP) is 17.3. The fourth-order valence-electron chi connectivity index (χ4n) is 6.23. The van der Waals surface area contributed by atoms with E-state index in [0.717, 1.165) is 109 Å². The molecule has 0 aliphatic carbocycles. The number of carbonyl (C=O) groups is 2. The van der Waals surface area contributed by atoms with E-state index in [1.807, 2.05) is 12.2 Å². The molecule has 1 unspecified atom stereocenters. The molecule has 0 amide bonds. The Morgan fingerprint density at radius 2 is 0.703 bits per heavy atom. The number of hydrogen-bond donors (Lipinski definition) is 0. The summed E-state index contributed by atoms with van der Waals surface area (Å²) in [7, 11) is 0. The lowest BCUT2D eigenvalue weighted by atomic mass is 10.1. The molecule has 0 aromatic heterocycles. The predicted molar refractivity (Wildman–Crippen MR) is 278 cm³/mol. The number of allylic oxidation sites excluding steroid dienone is 23. The van der Waals surface area contributed by atoms with Crippen molar-refractivity contribution in [1.82, 2.24) is 0 Å². The maximum Gasteiger partial charge on any atom is 0.309 e. The van der Waals surface area contributed by atoms with Gasteiger partial charge in [-0.2, -0.15) is 0 Å². The summed E-state index contributed by atoms with van der Waals surface area (Å²) in [6, 6.07) is 0. The van der Waals surface area contributed by atoms with Crippen LogP contribution in [0.5, 0.6) is 0 Å². The summed E-state index contributed by atoms with van der Waals surface area (Å²) >= 11 is 0. The van der Waals surface area contributed by atoms with Crippen LogP contribution in [-0.4, -0.2) is 37.9 Å². The number of unbranched alkanes of at least 4 members (excludes halogenated alkanes) is 10. The third kappa shape index (κ3) is 50.4. The van der Waals surface area contributed by atoms with Crippen LogP contribution in [0.3, 0.4) is 0 Å². The van der Waals surface area contributed by atoms with Crippen LogP contribution in [0, 0.1) is 0 Å². The highest BCUT2D eigenvalue weighted by atomic mass is 16.6. The number of hydrogen-bond acceptors (Lipinski definition) is 5. The van der Waals surface area contributed by atoms with Crippen LogP contribution in [0.1, 0.15) is 188 Å². The number of ether oxygens (including phenoxy) is 3. The molecule has 1 atom stereocenters. The molecule has 0 aromatic rings. The highest BCUT2D eigenvalue weighted by Crippen LogP contribution is 2.11. The maximum atomic E-state index is 12.8. The zero-order valence-corrected chi connectivity index (χ0v) is 41.0. The molecule has 0 aliphatic rings. The van der Waals surface area contributed by atoms with E-state index in [2.05, 4.69) is 154 Å². The van der Waals surface area contributed by atoms with Gasteiger partial charge in [0.05, 0.1) is 13.0 Å². The molecule has 0 aliphatic heterocycles. The van der Waals surface area contributed by atoms with Gasteiger partial charge in [-0.05, 0) is 116 Å². The Kier molecular flexibility index (Phi) is 49.6. The summed E-state index contributed by atoms with van der Waals surface area (Å²) < 4.78 is 17.2. The SMILES string of the molecule is CC/C=C\C/C=C\C/C=C\C/C=C\C/C=C\CC(=O)OCC(COCCCCCCCCCC/C=C\C/C=C\C/C=C\CC)OC(=O)CCCC/C=C\C/C=C\C/C=C\C/C=C\CC. The van der Waals surface area contributed by atoms with Crippen molar-refractivity contribution in [2.24, 2.45) is 0 Å². The average Bonchev–Trinajstić information content (AvgIpc) is 3.30. The van der Waals surface area contributed by atoms with Crippen LogP contribution in [0.2, 0.25) is 0 Å². The van der Waals surface area contributed by atoms with E-state index in [9.17, 15) is 9.59 Å². The Labute approximate surface area is 393 Å². The maximum absolute atomic E-state index is 12.8. The Morgan fingerprint density at radius 1 is 0.359 bits per heavy atom. The Morgan fingerprint density at radius 3 is 1.12 bits per heavy atom. The van der Waals surface area contributed by atoms with Gasteiger partial charge in [0.15, 0.2) is 6.10 Å². The van der Waals surface area contributed by atoms with Gasteiger partial charge < -0.3 is 14.2 Å². The third-order valence-corrected chi connectivity index (χ3v) is 9.88. The third-order valence-electron chi connectivity index (χ3n) is 9.88. The largest absolute Gasteiger partial charge is 0.461 e. The monoisotopic (exact) mass is 881 g/mol. The summed E-state index contributed by atoms with van der Waals surface area (Å²) in [4.78, 5) is 25.3. The Balaban J connectivity index is 4.50. The zero-order chi connectivity index (χ0) is 46.3. The summed E-state index contributed by atoms with van der Waals surface area (Å²) in [5.74, 6) is -0.609. The fourth-order valence-corrected chi connectivity index (χ4v) is 6.23. The van der Waals surface area contributed by atoms with Crippen LogP contribution >= 0.6 is 0 Å². The van der Waals surface area contributed by atoms with Gasteiger partial charge in [-0.25, -0.2) is 0 Å². The average molecular weight is 881 g/mol. The van der Waals surface area contributed by atoms with Gasteiger partial charge in [-0.3, -0.25) is 9.59 Å². The summed E-state index contributed by atoms with van der Waals surface area (Å²) in [5.41, 5.74) is 0. The van der Waals surface area contributed by atoms with Gasteiger partial charge in [-0.1, -0.05) is 205 Å². The Hall–Kier alpha value is -4.22. The number of rotatable bonds is 44. The molecule has 358 valence electrons. The second-order valence-corrected chi connectivity index (χ2v) is 15.9. The normalized spacial score (nSPS) is 13.5. The first-order valence-electron chi connectivity index (χ1n) is 25.4. The second kappa shape index (κ2) is 53.1. The molecule has 0 fully saturated rings. The molecule has 0 bridgehead atoms. The molecule has 0 heterocycles. The van der Waals surface area contributed by atoms with Gasteiger partial charge in [0.1, 0.15) is 6.61 Å². The van der Waals surface area contributed by atoms with Crippen molar-refractivity contribution in [3.05, 3.63) is 146 Å². The first-order valence-corrected chi connectivity index (χ1v) is 25.4. The first-order chi connectivity index (χ1) is 31.6. The highest BCUT2D eigenvalue weighted by Gasteiger charge is 2.17. The van der Waals surface area contributed by atoms with Gasteiger partial charge in [0.2, 0.25) is 0 Å². The van der Waals surface area contributed by atoms with Crippen LogP contribution in [-0.2, 0) is 23.8 Å². The minimum atomic E-state index is -0.613. The number of carbonyl (C=O) groups excluding carboxylic acids is 2. The topological polar surface area (TPSA) is 61.8 Å². The van der Waals surface area contributed by atoms with Gasteiger partial charge in [0, 0.05) is 13.0 Å². The molecule has 64 heavy (non-hydrogen) atoms. The van der Waals surface area contributed by atoms with E-state index in [0.29, 0.717) is 13.0 Å². The van der Waals surface area contributed by atoms with Gasteiger partial charge >= 0.3 is 11.9 Å². The molecule has 0 saturated carbocycles. The van der Waals surface area contributed by atoms with E-state index in [1.165, 1.54) is 44.9 Å². The molecule has 0 saturated heterocycles. The van der Waals surface area contributed by atoms with Crippen molar-refractivity contribution in [2.75, 3.05) is 19.8 Å². The molecule has 5 nitrogen and oxygen atoms in total. The van der Waals surface area contributed by atoms with Crippen LogP contribution < -0.4 is 0 Å². The number of esters is 2. The molecular formula is C59H92O5. The van der Waals surface area contributed by atoms with Crippen molar-refractivity contribution >= 4 is 11.9 Å². The van der Waals surface area contributed by atoms with Crippen molar-refractivity contribution in [2.45, 2.75) is 194 Å². The van der Waals surface area contributed by atoms with Crippen LogP contribution in [0.25, 0.3) is 0 Å². The fraction of sp³-hybridized carbons (Fsp3) is 0.559. The lowest BCUT2D eigenvalue weighted by Gasteiger charge is -2.18. The van der Waals surface area contributed by atoms with E-state index in [1.54, 1.807) is 0 Å². The summed E-state index contributed by atoms with van der Waals surface area (Å²) in [6.45, 7) is 7.29. The molecule has 0 aromatic carbocycles. The quantitative estimate of drug-likeness (QED) is 0.0347. The van der Waals surface area contributed by atoms with Crippen molar-refractivity contribution in [3.63, 3.8) is 0 Å². The van der Waals surface area contributed by atoms with Crippen LogP contribution in [0.4, 0.5) is 0 Å². The van der Waals surface area contributed by atoms with E-state index in [4.69, 9.17) is 14.2 Å². The first kappa shape index (κ1) is 59.8. The Bertz CT molecular complexity index is 1410. The zero-order valence-electron chi connectivity index (χ0n) is 41.0. The molecule has 0 rings (SSSR count). The van der Waals surface area contributed by atoms with Gasteiger partial charge in [-0.15, -0.1) is 0 Å².